The minimum Gasteiger partial charge on any atom is -0.351 e. The van der Waals surface area contributed by atoms with Crippen molar-refractivity contribution in [1.29, 1.82) is 0 Å². The molecule has 3 heterocycles. The largest absolute Gasteiger partial charge is 0.435 e. The van der Waals surface area contributed by atoms with Crippen LogP contribution in [-0.2, 0) is 17.5 Å². The van der Waals surface area contributed by atoms with E-state index in [-0.39, 0.29) is 29.8 Å². The van der Waals surface area contributed by atoms with Crippen molar-refractivity contribution in [1.82, 2.24) is 19.7 Å². The van der Waals surface area contributed by atoms with Crippen molar-refractivity contribution in [2.24, 2.45) is 11.8 Å². The van der Waals surface area contributed by atoms with E-state index in [0.717, 1.165) is 18.9 Å². The van der Waals surface area contributed by atoms with E-state index in [1.54, 1.807) is 0 Å². The zero-order valence-corrected chi connectivity index (χ0v) is 17.9. The van der Waals surface area contributed by atoms with Crippen LogP contribution in [0.5, 0.6) is 0 Å². The van der Waals surface area contributed by atoms with Crippen LogP contribution in [-0.4, -0.2) is 44.8 Å². The number of fused-ring (bicyclic) bond motifs is 1. The number of nitrogens with zero attached hydrogens (tertiary/aromatic N) is 5. The van der Waals surface area contributed by atoms with E-state index < -0.39 is 11.9 Å². The molecule has 11 heteroatoms. The SMILES string of the molecule is Cc1nc(NC2CC(Cn3ccc(C(F)(F)F)n3)C2)nc2c1NC(=O)[C@H](C(C)C)N2C. The predicted molar refractivity (Wildman–Crippen MR) is 110 cm³/mol. The van der Waals surface area contributed by atoms with Gasteiger partial charge in [0.15, 0.2) is 11.5 Å². The van der Waals surface area contributed by atoms with Crippen molar-refractivity contribution < 1.29 is 18.0 Å². The van der Waals surface area contributed by atoms with Gasteiger partial charge < -0.3 is 15.5 Å². The van der Waals surface area contributed by atoms with Crippen LogP contribution in [0.2, 0.25) is 0 Å². The molecular weight excluding hydrogens is 411 g/mol. The summed E-state index contributed by atoms with van der Waals surface area (Å²) >= 11 is 0. The average Bonchev–Trinajstić information content (AvgIpc) is 3.10. The summed E-state index contributed by atoms with van der Waals surface area (Å²) in [6, 6.07) is 0.834. The van der Waals surface area contributed by atoms with Crippen molar-refractivity contribution in [2.75, 3.05) is 22.6 Å². The van der Waals surface area contributed by atoms with Gasteiger partial charge in [-0.3, -0.25) is 9.48 Å². The van der Waals surface area contributed by atoms with Crippen LogP contribution in [0.15, 0.2) is 12.3 Å². The van der Waals surface area contributed by atoms with Gasteiger partial charge in [0.2, 0.25) is 11.9 Å². The Morgan fingerprint density at radius 2 is 2.00 bits per heavy atom. The van der Waals surface area contributed by atoms with E-state index in [1.807, 2.05) is 32.7 Å². The van der Waals surface area contributed by atoms with Gasteiger partial charge in [0.05, 0.1) is 5.69 Å². The number of aryl methyl sites for hydroxylation is 1. The molecule has 1 amide bonds. The van der Waals surface area contributed by atoms with Gasteiger partial charge in [0.1, 0.15) is 11.7 Å². The molecule has 8 nitrogen and oxygen atoms in total. The highest BCUT2D eigenvalue weighted by atomic mass is 19.4. The van der Waals surface area contributed by atoms with Crippen LogP contribution >= 0.6 is 0 Å². The van der Waals surface area contributed by atoms with Gasteiger partial charge in [-0.2, -0.15) is 23.3 Å². The van der Waals surface area contributed by atoms with E-state index in [0.29, 0.717) is 29.7 Å². The summed E-state index contributed by atoms with van der Waals surface area (Å²) in [5, 5.41) is 9.86. The predicted octanol–water partition coefficient (Wildman–Crippen LogP) is 3.30. The Hall–Kier alpha value is -2.85. The number of anilines is 3. The number of carbonyl (C=O) groups excluding carboxylic acids is 1. The lowest BCUT2D eigenvalue weighted by Crippen LogP contribution is -2.50. The quantitative estimate of drug-likeness (QED) is 0.746. The molecule has 4 rings (SSSR count). The standard InChI is InChI=1S/C20H26F3N7O/c1-10(2)16-18(31)26-15-11(3)24-19(27-17(15)29(16)4)25-13-7-12(8-13)9-30-6-5-14(28-30)20(21,22)23/h5-6,10,12-13,16H,7-9H2,1-4H3,(H,26,31)(H,24,25,27)/t12?,13?,16-/m0/s1. The number of amides is 1. The average molecular weight is 437 g/mol. The second-order valence-corrected chi connectivity index (χ2v) is 8.72. The molecule has 0 unspecified atom stereocenters. The number of hydrogen-bond donors (Lipinski definition) is 2. The van der Waals surface area contributed by atoms with Crippen molar-refractivity contribution >= 4 is 23.4 Å². The molecule has 0 spiro atoms. The van der Waals surface area contributed by atoms with Crippen LogP contribution in [0, 0.1) is 18.8 Å². The monoisotopic (exact) mass is 437 g/mol. The number of halogens is 3. The van der Waals surface area contributed by atoms with Gasteiger partial charge in [-0.05, 0) is 37.7 Å². The molecule has 0 saturated heterocycles. The second kappa shape index (κ2) is 7.69. The van der Waals surface area contributed by atoms with Crippen LogP contribution < -0.4 is 15.5 Å². The zero-order valence-electron chi connectivity index (χ0n) is 17.9. The lowest BCUT2D eigenvalue weighted by atomic mass is 9.80. The molecule has 0 bridgehead atoms. The van der Waals surface area contributed by atoms with Gasteiger partial charge in [0.25, 0.3) is 0 Å². The molecule has 2 aliphatic rings. The fraction of sp³-hybridized carbons (Fsp3) is 0.600. The molecule has 2 N–H and O–H groups in total. The number of aromatic nitrogens is 4. The number of alkyl halides is 3. The Morgan fingerprint density at radius 1 is 1.29 bits per heavy atom. The molecule has 31 heavy (non-hydrogen) atoms. The van der Waals surface area contributed by atoms with E-state index >= 15 is 0 Å². The van der Waals surface area contributed by atoms with Crippen molar-refractivity contribution in [3.63, 3.8) is 0 Å². The van der Waals surface area contributed by atoms with Crippen LogP contribution in [0.25, 0.3) is 0 Å². The topological polar surface area (TPSA) is 88.0 Å². The molecule has 1 fully saturated rings. The molecule has 0 aromatic carbocycles. The third-order valence-corrected chi connectivity index (χ3v) is 5.92. The molecule has 2 aromatic rings. The van der Waals surface area contributed by atoms with E-state index in [2.05, 4.69) is 25.7 Å². The van der Waals surface area contributed by atoms with E-state index in [9.17, 15) is 18.0 Å². The Labute approximate surface area is 178 Å². The third-order valence-electron chi connectivity index (χ3n) is 5.92. The second-order valence-electron chi connectivity index (χ2n) is 8.72. The molecule has 1 aliphatic carbocycles. The van der Waals surface area contributed by atoms with Crippen molar-refractivity contribution in [3.05, 3.63) is 23.7 Å². The highest BCUT2D eigenvalue weighted by Gasteiger charge is 2.37. The van der Waals surface area contributed by atoms with Gasteiger partial charge in [0, 0.05) is 25.8 Å². The van der Waals surface area contributed by atoms with E-state index in [4.69, 9.17) is 0 Å². The van der Waals surface area contributed by atoms with Gasteiger partial charge >= 0.3 is 6.18 Å². The smallest absolute Gasteiger partial charge is 0.351 e. The number of hydrogen-bond acceptors (Lipinski definition) is 6. The Bertz CT molecular complexity index is 982. The minimum atomic E-state index is -4.42. The molecule has 1 saturated carbocycles. The van der Waals surface area contributed by atoms with Crippen LogP contribution in [0.3, 0.4) is 0 Å². The summed E-state index contributed by atoms with van der Waals surface area (Å²) < 4.78 is 39.4. The maximum absolute atomic E-state index is 12.7. The molecular formula is C20H26F3N7O. The molecule has 1 atom stereocenters. The molecule has 1 aliphatic heterocycles. The highest BCUT2D eigenvalue weighted by molar-refractivity contribution is 6.03. The number of likely N-dealkylation sites (N-methyl/N-ethyl adjacent to an activating group) is 1. The maximum atomic E-state index is 12.7. The summed E-state index contributed by atoms with van der Waals surface area (Å²) in [6.07, 6.45) is -1.46. The van der Waals surface area contributed by atoms with Gasteiger partial charge in [-0.15, -0.1) is 0 Å². The van der Waals surface area contributed by atoms with Crippen molar-refractivity contribution in [3.8, 4) is 0 Å². The molecule has 168 valence electrons. The lowest BCUT2D eigenvalue weighted by Gasteiger charge is -2.38. The van der Waals surface area contributed by atoms with Crippen molar-refractivity contribution in [2.45, 2.75) is 58.4 Å². The lowest BCUT2D eigenvalue weighted by molar-refractivity contribution is -0.141. The normalized spacial score (nSPS) is 23.4. The van der Waals surface area contributed by atoms with E-state index in [1.165, 1.54) is 10.9 Å². The third kappa shape index (κ3) is 4.17. The highest BCUT2D eigenvalue weighted by Crippen LogP contribution is 2.36. The Kier molecular flexibility index (Phi) is 5.30. The summed E-state index contributed by atoms with van der Waals surface area (Å²) in [4.78, 5) is 23.4. The zero-order chi connectivity index (χ0) is 22.5. The number of carbonyl (C=O) groups is 1. The Balaban J connectivity index is 1.39. The first-order valence-electron chi connectivity index (χ1n) is 10.3. The van der Waals surface area contributed by atoms with Crippen LogP contribution in [0.1, 0.15) is 38.1 Å². The molecule has 2 aromatic heterocycles. The van der Waals surface area contributed by atoms with Crippen LogP contribution in [0.4, 0.5) is 30.6 Å². The van der Waals surface area contributed by atoms with Gasteiger partial charge in [-0.1, -0.05) is 13.8 Å². The maximum Gasteiger partial charge on any atom is 0.435 e. The fourth-order valence-electron chi connectivity index (χ4n) is 4.34. The molecule has 0 radical (unpaired) electrons. The first-order valence-corrected chi connectivity index (χ1v) is 10.3. The Morgan fingerprint density at radius 3 is 2.61 bits per heavy atom. The fourth-order valence-corrected chi connectivity index (χ4v) is 4.34. The number of rotatable bonds is 5. The van der Waals surface area contributed by atoms with Gasteiger partial charge in [-0.25, -0.2) is 4.98 Å². The number of nitrogens with one attached hydrogen (secondary N) is 2. The summed E-state index contributed by atoms with van der Waals surface area (Å²) in [6.45, 7) is 6.26. The first kappa shape index (κ1) is 21.4. The summed E-state index contributed by atoms with van der Waals surface area (Å²) in [5.74, 6) is 1.47. The minimum absolute atomic E-state index is 0.0634. The summed E-state index contributed by atoms with van der Waals surface area (Å²) in [5.41, 5.74) is 0.443. The summed E-state index contributed by atoms with van der Waals surface area (Å²) in [7, 11) is 1.86. The first-order chi connectivity index (χ1) is 14.5.